The highest BCUT2D eigenvalue weighted by atomic mass is 16.5. The van der Waals surface area contributed by atoms with Crippen molar-refractivity contribution in [3.63, 3.8) is 0 Å². The quantitative estimate of drug-likeness (QED) is 0.445. The molecule has 3 heterocycles. The summed E-state index contributed by atoms with van der Waals surface area (Å²) in [5, 5.41) is 0. The number of benzene rings is 1. The Labute approximate surface area is 193 Å². The summed E-state index contributed by atoms with van der Waals surface area (Å²) in [6.45, 7) is 4.31. The third-order valence-electron chi connectivity index (χ3n) is 6.42. The zero-order valence-corrected chi connectivity index (χ0v) is 19.5. The number of pyridine rings is 1. The van der Waals surface area contributed by atoms with E-state index in [-0.39, 0.29) is 23.1 Å². The zero-order valence-electron chi connectivity index (χ0n) is 19.5. The van der Waals surface area contributed by atoms with Crippen LogP contribution >= 0.6 is 0 Å². The van der Waals surface area contributed by atoms with Gasteiger partial charge in [-0.15, -0.1) is 0 Å². The molecular formula is C25H31NO7. The minimum absolute atomic E-state index is 0.0555. The van der Waals surface area contributed by atoms with Crippen LogP contribution in [0, 0.1) is 0 Å². The molecule has 1 fully saturated rings. The monoisotopic (exact) mass is 457 g/mol. The fourth-order valence-electron chi connectivity index (χ4n) is 4.75. The van der Waals surface area contributed by atoms with Crippen molar-refractivity contribution in [1.29, 1.82) is 0 Å². The molecule has 2 aliphatic heterocycles. The zero-order chi connectivity index (χ0) is 23.4. The lowest BCUT2D eigenvalue weighted by Gasteiger charge is -2.45. The fraction of sp³-hybridized carbons (Fsp3) is 0.520. The van der Waals surface area contributed by atoms with Gasteiger partial charge in [-0.1, -0.05) is 0 Å². The number of nitrogens with zero attached hydrogens (tertiary/aromatic N) is 1. The average Bonchev–Trinajstić information content (AvgIpc) is 2.82. The van der Waals surface area contributed by atoms with Gasteiger partial charge in [0.25, 0.3) is 0 Å². The summed E-state index contributed by atoms with van der Waals surface area (Å²) in [6, 6.07) is 5.48. The second-order valence-electron chi connectivity index (χ2n) is 8.40. The van der Waals surface area contributed by atoms with Gasteiger partial charge in [0.15, 0.2) is 16.9 Å². The standard InChI is InChI=1S/C25H31NO7/c1-4-32-24(28)19-16-26-20(14-21(19)27)18-13-22(30-3)23(33-9-5-8-29-2)12-17(18)15-25(26)6-10-31-11-7-25/h12-14,16H,4-11,15H2,1-3H3. The molecule has 1 saturated heterocycles. The maximum Gasteiger partial charge on any atom is 0.343 e. The van der Waals surface area contributed by atoms with Gasteiger partial charge < -0.3 is 28.3 Å². The molecule has 4 rings (SSSR count). The molecule has 0 radical (unpaired) electrons. The Morgan fingerprint density at radius 1 is 1.12 bits per heavy atom. The van der Waals surface area contributed by atoms with E-state index in [0.717, 1.165) is 42.5 Å². The van der Waals surface area contributed by atoms with Gasteiger partial charge >= 0.3 is 5.97 Å². The van der Waals surface area contributed by atoms with Crippen molar-refractivity contribution in [1.82, 2.24) is 4.57 Å². The first-order valence-electron chi connectivity index (χ1n) is 11.4. The Hall–Kier alpha value is -2.84. The molecule has 178 valence electrons. The van der Waals surface area contributed by atoms with Crippen LogP contribution in [0.4, 0.5) is 0 Å². The van der Waals surface area contributed by atoms with E-state index < -0.39 is 5.97 Å². The molecule has 0 unspecified atom stereocenters. The molecular weight excluding hydrogens is 426 g/mol. The van der Waals surface area contributed by atoms with Gasteiger partial charge in [-0.25, -0.2) is 4.79 Å². The van der Waals surface area contributed by atoms with Gasteiger partial charge in [-0.2, -0.15) is 0 Å². The van der Waals surface area contributed by atoms with Crippen LogP contribution in [-0.4, -0.2) is 57.8 Å². The lowest BCUT2D eigenvalue weighted by Crippen LogP contribution is -2.45. The van der Waals surface area contributed by atoms with Crippen molar-refractivity contribution in [3.05, 3.63) is 45.7 Å². The molecule has 0 N–H and O–H groups in total. The molecule has 0 amide bonds. The van der Waals surface area contributed by atoms with Gasteiger partial charge in [0.05, 0.1) is 31.6 Å². The number of fused-ring (bicyclic) bond motifs is 4. The Bertz CT molecular complexity index is 1070. The second kappa shape index (κ2) is 9.97. The maximum atomic E-state index is 12.9. The number of ether oxygens (including phenoxy) is 5. The van der Waals surface area contributed by atoms with Crippen molar-refractivity contribution in [2.24, 2.45) is 0 Å². The van der Waals surface area contributed by atoms with Gasteiger partial charge in [0.1, 0.15) is 5.56 Å². The Kier molecular flexibility index (Phi) is 7.05. The first-order valence-corrected chi connectivity index (χ1v) is 11.4. The SMILES string of the molecule is CCOC(=O)c1cn2c(cc1=O)-c1cc(OC)c(OCCCOC)cc1CC21CCOCC1. The highest BCUT2D eigenvalue weighted by Crippen LogP contribution is 2.46. The van der Waals surface area contributed by atoms with Crippen LogP contribution in [0.5, 0.6) is 11.5 Å². The second-order valence-corrected chi connectivity index (χ2v) is 8.40. The summed E-state index contributed by atoms with van der Waals surface area (Å²) in [6.07, 6.45) is 4.74. The highest BCUT2D eigenvalue weighted by Gasteiger charge is 2.40. The van der Waals surface area contributed by atoms with Crippen LogP contribution in [-0.2, 0) is 26.2 Å². The molecule has 0 saturated carbocycles. The largest absolute Gasteiger partial charge is 0.493 e. The van der Waals surface area contributed by atoms with Crippen molar-refractivity contribution < 1.29 is 28.5 Å². The predicted molar refractivity (Wildman–Crippen MR) is 122 cm³/mol. The molecule has 0 atom stereocenters. The van der Waals surface area contributed by atoms with Crippen molar-refractivity contribution in [3.8, 4) is 22.8 Å². The number of carbonyl (C=O) groups excluding carboxylic acids is 1. The third kappa shape index (κ3) is 4.50. The first-order chi connectivity index (χ1) is 16.0. The van der Waals surface area contributed by atoms with Crippen molar-refractivity contribution >= 4 is 5.97 Å². The molecule has 1 spiro atoms. The first kappa shape index (κ1) is 23.3. The Balaban J connectivity index is 1.83. The van der Waals surface area contributed by atoms with E-state index in [1.807, 2.05) is 12.1 Å². The van der Waals surface area contributed by atoms with Crippen molar-refractivity contribution in [2.45, 2.75) is 38.1 Å². The van der Waals surface area contributed by atoms with E-state index >= 15 is 0 Å². The lowest BCUT2D eigenvalue weighted by molar-refractivity contribution is 0.0198. The van der Waals surface area contributed by atoms with Gasteiger partial charge in [0, 0.05) is 51.2 Å². The number of rotatable bonds is 8. The van der Waals surface area contributed by atoms with Crippen LogP contribution in [0.1, 0.15) is 42.1 Å². The molecule has 2 aliphatic rings. The summed E-state index contributed by atoms with van der Waals surface area (Å²) in [5.41, 5.74) is 2.16. The average molecular weight is 458 g/mol. The Morgan fingerprint density at radius 2 is 1.91 bits per heavy atom. The minimum Gasteiger partial charge on any atom is -0.493 e. The highest BCUT2D eigenvalue weighted by molar-refractivity contribution is 5.89. The topological polar surface area (TPSA) is 85.2 Å². The van der Waals surface area contributed by atoms with Crippen LogP contribution < -0.4 is 14.9 Å². The van der Waals surface area contributed by atoms with E-state index in [1.165, 1.54) is 0 Å². The molecule has 0 aliphatic carbocycles. The number of aromatic nitrogens is 1. The van der Waals surface area contributed by atoms with E-state index in [1.54, 1.807) is 33.4 Å². The molecule has 8 nitrogen and oxygen atoms in total. The number of carbonyl (C=O) groups is 1. The van der Waals surface area contributed by atoms with E-state index in [0.29, 0.717) is 37.9 Å². The van der Waals surface area contributed by atoms with Gasteiger partial charge in [-0.05, 0) is 43.9 Å². The molecule has 8 heteroatoms. The summed E-state index contributed by atoms with van der Waals surface area (Å²) in [7, 11) is 3.27. The summed E-state index contributed by atoms with van der Waals surface area (Å²) >= 11 is 0. The van der Waals surface area contributed by atoms with Crippen molar-refractivity contribution in [2.75, 3.05) is 47.3 Å². The van der Waals surface area contributed by atoms with E-state index in [4.69, 9.17) is 23.7 Å². The van der Waals surface area contributed by atoms with Gasteiger partial charge in [-0.3, -0.25) is 4.79 Å². The van der Waals surface area contributed by atoms with Crippen LogP contribution in [0.3, 0.4) is 0 Å². The van der Waals surface area contributed by atoms with Crippen LogP contribution in [0.25, 0.3) is 11.3 Å². The number of hydrogen-bond acceptors (Lipinski definition) is 7. The van der Waals surface area contributed by atoms with E-state index in [2.05, 4.69) is 4.57 Å². The summed E-state index contributed by atoms with van der Waals surface area (Å²) in [5.74, 6) is 0.680. The number of esters is 1. The molecule has 1 aromatic carbocycles. The molecule has 33 heavy (non-hydrogen) atoms. The fourth-order valence-corrected chi connectivity index (χ4v) is 4.75. The van der Waals surface area contributed by atoms with Crippen LogP contribution in [0.15, 0.2) is 29.2 Å². The van der Waals surface area contributed by atoms with Gasteiger partial charge in [0.2, 0.25) is 0 Å². The summed E-state index contributed by atoms with van der Waals surface area (Å²) < 4.78 is 29.6. The smallest absolute Gasteiger partial charge is 0.343 e. The third-order valence-corrected chi connectivity index (χ3v) is 6.42. The Morgan fingerprint density at radius 3 is 2.61 bits per heavy atom. The predicted octanol–water partition coefficient (Wildman–Crippen LogP) is 3.18. The lowest BCUT2D eigenvalue weighted by atomic mass is 9.77. The number of hydrogen-bond donors (Lipinski definition) is 0. The van der Waals surface area contributed by atoms with Crippen LogP contribution in [0.2, 0.25) is 0 Å². The molecule has 0 bridgehead atoms. The molecule has 1 aromatic heterocycles. The maximum absolute atomic E-state index is 12.9. The van der Waals surface area contributed by atoms with E-state index in [9.17, 15) is 9.59 Å². The minimum atomic E-state index is -0.594. The summed E-state index contributed by atoms with van der Waals surface area (Å²) in [4.78, 5) is 25.4. The number of methoxy groups -OCH3 is 2. The normalized spacial score (nSPS) is 16.1. The molecule has 2 aromatic rings.